The maximum absolute atomic E-state index is 12.2. The van der Waals surface area contributed by atoms with Gasteiger partial charge in [-0.2, -0.15) is 0 Å². The van der Waals surface area contributed by atoms with E-state index in [2.05, 4.69) is 10.3 Å². The number of rotatable bonds is 10. The van der Waals surface area contributed by atoms with Gasteiger partial charge in [0.25, 0.3) is 0 Å². The highest BCUT2D eigenvalue weighted by Crippen LogP contribution is 2.21. The van der Waals surface area contributed by atoms with Crippen LogP contribution in [-0.2, 0) is 16.1 Å². The fraction of sp³-hybridized carbons (Fsp3) is 0.444. The number of carbonyl (C=O) groups excluding carboxylic acids is 1. The summed E-state index contributed by atoms with van der Waals surface area (Å²) in [6.07, 6.45) is 1.58. The molecule has 1 aromatic carbocycles. The zero-order valence-corrected chi connectivity index (χ0v) is 16.5. The van der Waals surface area contributed by atoms with E-state index in [4.69, 9.17) is 4.74 Å². The van der Waals surface area contributed by atoms with Crippen molar-refractivity contribution in [2.75, 3.05) is 19.5 Å². The summed E-state index contributed by atoms with van der Waals surface area (Å²) in [6.45, 7) is 4.66. The molecule has 1 atom stereocenters. The second-order valence-electron chi connectivity index (χ2n) is 6.05. The number of hydrogen-bond acceptors (Lipinski definition) is 6. The van der Waals surface area contributed by atoms with Crippen molar-refractivity contribution in [1.29, 1.82) is 0 Å². The van der Waals surface area contributed by atoms with Crippen LogP contribution >= 0.6 is 11.8 Å². The van der Waals surface area contributed by atoms with Crippen LogP contribution in [0.5, 0.6) is 0 Å². The summed E-state index contributed by atoms with van der Waals surface area (Å²) in [5.74, 6) is 1.10. The number of ether oxygens (including phenoxy) is 1. The van der Waals surface area contributed by atoms with Gasteiger partial charge in [-0.15, -0.1) is 11.8 Å². The number of aromatic nitrogens is 2. The largest absolute Gasteiger partial charge is 0.384 e. The lowest BCUT2D eigenvalue weighted by molar-refractivity contribution is -0.389. The maximum Gasteiger partial charge on any atom is 0.381 e. The molecule has 1 amide bonds. The van der Waals surface area contributed by atoms with Crippen molar-refractivity contribution >= 4 is 23.5 Å². The Balaban J connectivity index is 1.83. The Morgan fingerprint density at radius 2 is 2.11 bits per heavy atom. The summed E-state index contributed by atoms with van der Waals surface area (Å²) >= 11 is 1.72. The van der Waals surface area contributed by atoms with E-state index in [1.54, 1.807) is 30.4 Å². The smallest absolute Gasteiger partial charge is 0.381 e. The van der Waals surface area contributed by atoms with Crippen LogP contribution in [0, 0.1) is 17.0 Å². The first-order chi connectivity index (χ1) is 12.9. The van der Waals surface area contributed by atoms with E-state index in [0.29, 0.717) is 19.0 Å². The molecule has 27 heavy (non-hydrogen) atoms. The second-order valence-corrected chi connectivity index (χ2v) is 7.21. The average Bonchev–Trinajstić information content (AvgIpc) is 3.02. The molecule has 0 spiro atoms. The highest BCUT2D eigenvalue weighted by atomic mass is 32.2. The third kappa shape index (κ3) is 6.37. The van der Waals surface area contributed by atoms with Crippen LogP contribution in [-0.4, -0.2) is 39.9 Å². The van der Waals surface area contributed by atoms with Gasteiger partial charge in [0.1, 0.15) is 6.20 Å². The SMILES string of the molecule is COCCSc1ccc(C(C)NC(=O)CCn2cc([N+](=O)[O-])nc2C)cc1. The van der Waals surface area contributed by atoms with Crippen LogP contribution in [0.4, 0.5) is 5.82 Å². The molecule has 0 saturated heterocycles. The molecule has 9 heteroatoms. The molecule has 0 aliphatic rings. The number of amides is 1. The number of methoxy groups -OCH3 is 1. The normalized spacial score (nSPS) is 12.0. The van der Waals surface area contributed by atoms with Gasteiger partial charge in [-0.05, 0) is 34.5 Å². The van der Waals surface area contributed by atoms with Crippen molar-refractivity contribution in [2.24, 2.45) is 0 Å². The molecular formula is C18H24N4O4S. The molecule has 1 aromatic heterocycles. The summed E-state index contributed by atoms with van der Waals surface area (Å²) in [6, 6.07) is 7.96. The van der Waals surface area contributed by atoms with E-state index in [0.717, 1.165) is 16.2 Å². The Labute approximate surface area is 162 Å². The average molecular weight is 392 g/mol. The number of nitro groups is 1. The number of benzene rings is 1. The minimum Gasteiger partial charge on any atom is -0.384 e. The van der Waals surface area contributed by atoms with E-state index in [1.165, 1.54) is 6.20 Å². The van der Waals surface area contributed by atoms with Crippen molar-refractivity contribution in [3.05, 3.63) is 52.0 Å². The zero-order valence-electron chi connectivity index (χ0n) is 15.7. The van der Waals surface area contributed by atoms with Crippen molar-refractivity contribution in [2.45, 2.75) is 37.8 Å². The molecule has 146 valence electrons. The maximum atomic E-state index is 12.2. The highest BCUT2D eigenvalue weighted by Gasteiger charge is 2.16. The van der Waals surface area contributed by atoms with Crippen molar-refractivity contribution in [3.8, 4) is 0 Å². The van der Waals surface area contributed by atoms with Crippen LogP contribution in [0.25, 0.3) is 0 Å². The predicted molar refractivity (Wildman–Crippen MR) is 104 cm³/mol. The van der Waals surface area contributed by atoms with Gasteiger partial charge < -0.3 is 24.7 Å². The number of thioether (sulfide) groups is 1. The van der Waals surface area contributed by atoms with Crippen LogP contribution in [0.2, 0.25) is 0 Å². The Morgan fingerprint density at radius 3 is 2.70 bits per heavy atom. The Bertz CT molecular complexity index is 776. The highest BCUT2D eigenvalue weighted by molar-refractivity contribution is 7.99. The molecule has 1 unspecified atom stereocenters. The number of hydrogen-bond donors (Lipinski definition) is 1. The predicted octanol–water partition coefficient (Wildman–Crippen LogP) is 3.11. The number of imidazole rings is 1. The van der Waals surface area contributed by atoms with E-state index in [1.807, 2.05) is 31.2 Å². The molecule has 2 rings (SSSR count). The summed E-state index contributed by atoms with van der Waals surface area (Å²) < 4.78 is 6.66. The zero-order chi connectivity index (χ0) is 19.8. The van der Waals surface area contributed by atoms with Gasteiger partial charge in [0.2, 0.25) is 11.7 Å². The Kier molecular flexibility index (Phi) is 7.81. The first-order valence-electron chi connectivity index (χ1n) is 8.60. The van der Waals surface area contributed by atoms with Crippen molar-refractivity contribution < 1.29 is 14.5 Å². The second kappa shape index (κ2) is 10.1. The summed E-state index contributed by atoms with van der Waals surface area (Å²) in [4.78, 5) is 27.4. The van der Waals surface area contributed by atoms with Gasteiger partial charge in [-0.25, -0.2) is 0 Å². The first-order valence-corrected chi connectivity index (χ1v) is 9.58. The van der Waals surface area contributed by atoms with E-state index < -0.39 is 4.92 Å². The van der Waals surface area contributed by atoms with Gasteiger partial charge >= 0.3 is 5.82 Å². The van der Waals surface area contributed by atoms with Gasteiger partial charge in [0.05, 0.1) is 12.6 Å². The third-order valence-corrected chi connectivity index (χ3v) is 5.02. The summed E-state index contributed by atoms with van der Waals surface area (Å²) in [5.41, 5.74) is 1.02. The molecule has 0 aliphatic heterocycles. The van der Waals surface area contributed by atoms with Gasteiger partial charge in [-0.1, -0.05) is 12.1 Å². The first kappa shape index (κ1) is 20.9. The van der Waals surface area contributed by atoms with Crippen molar-refractivity contribution in [1.82, 2.24) is 14.9 Å². The summed E-state index contributed by atoms with van der Waals surface area (Å²) in [5, 5.41) is 13.7. The summed E-state index contributed by atoms with van der Waals surface area (Å²) in [7, 11) is 1.68. The minimum atomic E-state index is -0.539. The van der Waals surface area contributed by atoms with Crippen LogP contribution in [0.1, 0.15) is 30.8 Å². The van der Waals surface area contributed by atoms with E-state index in [9.17, 15) is 14.9 Å². The van der Waals surface area contributed by atoms with Crippen LogP contribution in [0.3, 0.4) is 0 Å². The molecule has 0 radical (unpaired) electrons. The molecule has 1 heterocycles. The molecule has 8 nitrogen and oxygen atoms in total. The Hall–Kier alpha value is -2.39. The van der Waals surface area contributed by atoms with Gasteiger partial charge in [-0.3, -0.25) is 4.79 Å². The lowest BCUT2D eigenvalue weighted by Gasteiger charge is -2.15. The standard InChI is InChI=1S/C18H24N4O4S/c1-13(15-4-6-16(7-5-15)27-11-10-26-3)19-18(23)8-9-21-12-17(22(24)25)20-14(21)2/h4-7,12-13H,8-11H2,1-3H3,(H,19,23). The number of aryl methyl sites for hydroxylation is 2. The number of nitrogens with zero attached hydrogens (tertiary/aromatic N) is 3. The molecule has 1 N–H and O–H groups in total. The van der Waals surface area contributed by atoms with Crippen LogP contribution in [0.15, 0.2) is 35.4 Å². The van der Waals surface area contributed by atoms with E-state index in [-0.39, 0.29) is 24.2 Å². The fourth-order valence-electron chi connectivity index (χ4n) is 2.52. The lowest BCUT2D eigenvalue weighted by Crippen LogP contribution is -2.27. The third-order valence-electron chi connectivity index (χ3n) is 4.04. The minimum absolute atomic E-state index is 0.114. The monoisotopic (exact) mass is 392 g/mol. The van der Waals surface area contributed by atoms with Gasteiger partial charge in [0, 0.05) is 37.6 Å². The van der Waals surface area contributed by atoms with Gasteiger partial charge in [0.15, 0.2) is 0 Å². The van der Waals surface area contributed by atoms with Crippen LogP contribution < -0.4 is 5.32 Å². The molecule has 0 saturated carbocycles. The number of carbonyl (C=O) groups is 1. The topological polar surface area (TPSA) is 99.3 Å². The van der Waals surface area contributed by atoms with E-state index >= 15 is 0 Å². The molecule has 0 fully saturated rings. The fourth-order valence-corrected chi connectivity index (χ4v) is 3.33. The quantitative estimate of drug-likeness (QED) is 0.289. The number of nitrogens with one attached hydrogen (secondary N) is 1. The lowest BCUT2D eigenvalue weighted by atomic mass is 10.1. The Morgan fingerprint density at radius 1 is 1.41 bits per heavy atom. The molecule has 0 bridgehead atoms. The van der Waals surface area contributed by atoms with Crippen molar-refractivity contribution in [3.63, 3.8) is 0 Å². The molecule has 0 aliphatic carbocycles. The molecule has 2 aromatic rings. The molecular weight excluding hydrogens is 368 g/mol.